The molecule has 5 nitrogen and oxygen atoms in total. The highest BCUT2D eigenvalue weighted by Crippen LogP contribution is 2.36. The maximum absolute atomic E-state index is 13.3. The van der Waals surface area contributed by atoms with Crippen LogP contribution in [0.3, 0.4) is 0 Å². The van der Waals surface area contributed by atoms with Crippen molar-refractivity contribution in [2.45, 2.75) is 18.3 Å². The zero-order valence-electron chi connectivity index (χ0n) is 11.9. The zero-order chi connectivity index (χ0) is 16.6. The maximum atomic E-state index is 13.3. The van der Waals surface area contributed by atoms with Crippen LogP contribution in [0.2, 0.25) is 0 Å². The number of nitrogens with one attached hydrogen (secondary N) is 1. The summed E-state index contributed by atoms with van der Waals surface area (Å²) in [7, 11) is 0. The number of halogens is 3. The van der Waals surface area contributed by atoms with Gasteiger partial charge in [-0.3, -0.25) is 9.36 Å². The van der Waals surface area contributed by atoms with Crippen molar-refractivity contribution in [3.05, 3.63) is 46.5 Å². The van der Waals surface area contributed by atoms with Crippen LogP contribution in [0.4, 0.5) is 13.2 Å². The number of aromatic amines is 1. The Kier molecular flexibility index (Phi) is 3.88. The average molecular weight is 340 g/mol. The first-order chi connectivity index (χ1) is 10.9. The molecule has 0 radical (unpaired) electrons. The largest absolute Gasteiger partial charge is 0.418 e. The highest BCUT2D eigenvalue weighted by atomic mass is 32.2. The zero-order valence-corrected chi connectivity index (χ0v) is 12.7. The summed E-state index contributed by atoms with van der Waals surface area (Å²) in [6.07, 6.45) is -3.37. The minimum Gasteiger partial charge on any atom is -0.311 e. The quantitative estimate of drug-likeness (QED) is 0.744. The monoisotopic (exact) mass is 340 g/mol. The Bertz CT molecular complexity index is 916. The number of thioether (sulfide) groups is 1. The molecule has 3 rings (SSSR count). The number of nitrogens with zero attached hydrogens (tertiary/aromatic N) is 3. The highest BCUT2D eigenvalue weighted by Gasteiger charge is 2.34. The predicted octanol–water partition coefficient (Wildman–Crippen LogP) is 3.24. The van der Waals surface area contributed by atoms with E-state index in [1.54, 1.807) is 0 Å². The van der Waals surface area contributed by atoms with Crippen LogP contribution in [0.1, 0.15) is 12.5 Å². The van der Waals surface area contributed by atoms with E-state index in [-0.39, 0.29) is 16.9 Å². The second-order valence-corrected chi connectivity index (χ2v) is 5.81. The van der Waals surface area contributed by atoms with Gasteiger partial charge < -0.3 is 4.98 Å². The first-order valence-electron chi connectivity index (χ1n) is 6.69. The van der Waals surface area contributed by atoms with Gasteiger partial charge in [0.15, 0.2) is 16.3 Å². The number of benzene rings is 1. The van der Waals surface area contributed by atoms with E-state index in [0.29, 0.717) is 10.9 Å². The van der Waals surface area contributed by atoms with Gasteiger partial charge in [0.05, 0.1) is 17.6 Å². The van der Waals surface area contributed by atoms with Crippen molar-refractivity contribution in [2.75, 3.05) is 5.75 Å². The highest BCUT2D eigenvalue weighted by molar-refractivity contribution is 7.99. The van der Waals surface area contributed by atoms with Gasteiger partial charge in [0.1, 0.15) is 0 Å². The SMILES string of the molecule is CCSc1nc2c(=O)[nH]cnc2n1-c1ccccc1C(F)(F)F. The predicted molar refractivity (Wildman–Crippen MR) is 80.9 cm³/mol. The summed E-state index contributed by atoms with van der Waals surface area (Å²) in [5, 5.41) is 0.295. The summed E-state index contributed by atoms with van der Waals surface area (Å²) in [4.78, 5) is 22.4. The molecule has 23 heavy (non-hydrogen) atoms. The van der Waals surface area contributed by atoms with Crippen molar-refractivity contribution in [2.24, 2.45) is 0 Å². The number of H-pyrrole nitrogens is 1. The number of para-hydroxylation sites is 1. The van der Waals surface area contributed by atoms with E-state index >= 15 is 0 Å². The van der Waals surface area contributed by atoms with Crippen LogP contribution in [0, 0.1) is 0 Å². The molecule has 0 saturated heterocycles. The Morgan fingerprint density at radius 1 is 1.30 bits per heavy atom. The molecular weight excluding hydrogens is 329 g/mol. The number of aromatic nitrogens is 4. The van der Waals surface area contributed by atoms with Crippen molar-refractivity contribution in [3.8, 4) is 5.69 Å². The van der Waals surface area contributed by atoms with Crippen molar-refractivity contribution in [1.29, 1.82) is 0 Å². The molecule has 0 amide bonds. The van der Waals surface area contributed by atoms with E-state index in [1.807, 2.05) is 6.92 Å². The number of alkyl halides is 3. The van der Waals surface area contributed by atoms with E-state index < -0.39 is 17.3 Å². The van der Waals surface area contributed by atoms with Crippen molar-refractivity contribution in [3.63, 3.8) is 0 Å². The van der Waals surface area contributed by atoms with Crippen LogP contribution in [0.5, 0.6) is 0 Å². The molecule has 1 aromatic carbocycles. The van der Waals surface area contributed by atoms with Gasteiger partial charge in [-0.05, 0) is 17.9 Å². The molecule has 0 spiro atoms. The van der Waals surface area contributed by atoms with E-state index in [4.69, 9.17) is 0 Å². The third-order valence-corrected chi connectivity index (χ3v) is 3.96. The average Bonchev–Trinajstić information content (AvgIpc) is 2.86. The van der Waals surface area contributed by atoms with Crippen LogP contribution in [-0.2, 0) is 6.18 Å². The summed E-state index contributed by atoms with van der Waals surface area (Å²) in [5.41, 5.74) is -1.28. The fraction of sp³-hybridized carbons (Fsp3) is 0.214. The molecule has 0 aliphatic carbocycles. The van der Waals surface area contributed by atoms with E-state index in [2.05, 4.69) is 15.0 Å². The summed E-state index contributed by atoms with van der Waals surface area (Å²) in [5.74, 6) is 0.593. The lowest BCUT2D eigenvalue weighted by atomic mass is 10.1. The lowest BCUT2D eigenvalue weighted by Gasteiger charge is -2.15. The number of imidazole rings is 1. The fourth-order valence-electron chi connectivity index (χ4n) is 2.24. The Morgan fingerprint density at radius 3 is 2.74 bits per heavy atom. The standard InChI is InChI=1S/C14H11F3N4OS/c1-2-23-13-20-10-11(18-7-19-12(10)22)21(13)9-6-4-3-5-8(9)14(15,16)17/h3-7H,2H2,1H3,(H,18,19,22). The van der Waals surface area contributed by atoms with Gasteiger partial charge in [0.25, 0.3) is 5.56 Å². The normalized spacial score (nSPS) is 12.0. The molecule has 2 aromatic heterocycles. The molecule has 0 saturated carbocycles. The lowest BCUT2D eigenvalue weighted by Crippen LogP contribution is -2.12. The lowest BCUT2D eigenvalue weighted by molar-refractivity contribution is -0.137. The summed E-state index contributed by atoms with van der Waals surface area (Å²) in [6.45, 7) is 1.85. The van der Waals surface area contributed by atoms with Crippen LogP contribution in [-0.4, -0.2) is 25.3 Å². The Labute approximate surface area is 132 Å². The number of rotatable bonds is 3. The smallest absolute Gasteiger partial charge is 0.311 e. The molecule has 0 bridgehead atoms. The minimum atomic E-state index is -4.53. The molecule has 0 atom stereocenters. The summed E-state index contributed by atoms with van der Waals surface area (Å²) in [6, 6.07) is 5.16. The molecule has 0 unspecified atom stereocenters. The third kappa shape index (κ3) is 2.72. The summed E-state index contributed by atoms with van der Waals surface area (Å²) < 4.78 is 41.2. The first kappa shape index (κ1) is 15.6. The van der Waals surface area contributed by atoms with Gasteiger partial charge in [0, 0.05) is 0 Å². The Balaban J connectivity index is 2.39. The van der Waals surface area contributed by atoms with Gasteiger partial charge in [-0.25, -0.2) is 9.97 Å². The van der Waals surface area contributed by atoms with E-state index in [1.165, 1.54) is 34.5 Å². The van der Waals surface area contributed by atoms with E-state index in [0.717, 1.165) is 12.4 Å². The Hall–Kier alpha value is -2.29. The Morgan fingerprint density at radius 2 is 2.04 bits per heavy atom. The molecule has 0 aliphatic heterocycles. The van der Waals surface area contributed by atoms with E-state index in [9.17, 15) is 18.0 Å². The second kappa shape index (κ2) is 5.73. The second-order valence-electron chi connectivity index (χ2n) is 4.58. The van der Waals surface area contributed by atoms with Gasteiger partial charge in [-0.2, -0.15) is 13.2 Å². The number of hydrogen-bond donors (Lipinski definition) is 1. The first-order valence-corrected chi connectivity index (χ1v) is 7.67. The minimum absolute atomic E-state index is 0.0143. The maximum Gasteiger partial charge on any atom is 0.418 e. The molecule has 0 fully saturated rings. The number of fused-ring (bicyclic) bond motifs is 1. The van der Waals surface area contributed by atoms with Crippen LogP contribution < -0.4 is 5.56 Å². The van der Waals surface area contributed by atoms with Crippen molar-refractivity contribution >= 4 is 22.9 Å². The molecule has 1 N–H and O–H groups in total. The molecule has 3 aromatic rings. The van der Waals surface area contributed by atoms with Gasteiger partial charge in [-0.1, -0.05) is 30.8 Å². The molecular formula is C14H11F3N4OS. The fourth-order valence-corrected chi connectivity index (χ4v) is 2.96. The third-order valence-electron chi connectivity index (χ3n) is 3.14. The summed E-state index contributed by atoms with van der Waals surface area (Å²) >= 11 is 1.24. The van der Waals surface area contributed by atoms with Gasteiger partial charge in [-0.15, -0.1) is 0 Å². The molecule has 0 aliphatic rings. The van der Waals surface area contributed by atoms with Crippen LogP contribution in [0.25, 0.3) is 16.9 Å². The number of hydrogen-bond acceptors (Lipinski definition) is 4. The van der Waals surface area contributed by atoms with Crippen LogP contribution in [0.15, 0.2) is 40.5 Å². The topological polar surface area (TPSA) is 63.6 Å². The van der Waals surface area contributed by atoms with Crippen molar-refractivity contribution < 1.29 is 13.2 Å². The van der Waals surface area contributed by atoms with Gasteiger partial charge >= 0.3 is 6.18 Å². The van der Waals surface area contributed by atoms with Crippen molar-refractivity contribution in [1.82, 2.24) is 19.5 Å². The molecule has 120 valence electrons. The van der Waals surface area contributed by atoms with Gasteiger partial charge in [0.2, 0.25) is 0 Å². The molecule has 9 heteroatoms. The van der Waals surface area contributed by atoms with Crippen LogP contribution >= 0.6 is 11.8 Å². The molecule has 2 heterocycles.